The van der Waals surface area contributed by atoms with E-state index < -0.39 is 0 Å². The summed E-state index contributed by atoms with van der Waals surface area (Å²) in [6.07, 6.45) is 2.44. The summed E-state index contributed by atoms with van der Waals surface area (Å²) in [7, 11) is 0. The van der Waals surface area contributed by atoms with Gasteiger partial charge in [0.05, 0.1) is 0 Å². The van der Waals surface area contributed by atoms with E-state index in [-0.39, 0.29) is 0 Å². The average molecular weight is 239 g/mol. The molecule has 0 fully saturated rings. The fourth-order valence-electron chi connectivity index (χ4n) is 3.16. The van der Waals surface area contributed by atoms with Crippen LogP contribution < -0.4 is 0 Å². The number of hydrogen-bond acceptors (Lipinski definition) is 1. The minimum atomic E-state index is 0.568. The van der Waals surface area contributed by atoms with Crippen molar-refractivity contribution in [3.63, 3.8) is 0 Å². The van der Waals surface area contributed by atoms with E-state index in [2.05, 4.69) is 55.1 Å². The Balaban J connectivity index is 2.06. The van der Waals surface area contributed by atoms with Gasteiger partial charge in [0.25, 0.3) is 0 Å². The van der Waals surface area contributed by atoms with E-state index in [9.17, 15) is 0 Å². The van der Waals surface area contributed by atoms with Crippen LogP contribution in [0.25, 0.3) is 10.8 Å². The van der Waals surface area contributed by atoms with E-state index in [1.165, 1.54) is 42.3 Å². The van der Waals surface area contributed by atoms with Crippen LogP contribution in [0.2, 0.25) is 0 Å². The summed E-state index contributed by atoms with van der Waals surface area (Å²) in [5.74, 6) is 0. The Kier molecular flexibility index (Phi) is 3.09. The third-order valence-electron chi connectivity index (χ3n) is 4.18. The molecular formula is C17H21N. The van der Waals surface area contributed by atoms with E-state index >= 15 is 0 Å². The van der Waals surface area contributed by atoms with Gasteiger partial charge in [0.1, 0.15) is 0 Å². The Bertz CT molecular complexity index is 559. The van der Waals surface area contributed by atoms with Gasteiger partial charge in [-0.2, -0.15) is 0 Å². The van der Waals surface area contributed by atoms with Gasteiger partial charge in [-0.05, 0) is 54.3 Å². The number of benzene rings is 2. The van der Waals surface area contributed by atoms with E-state index in [1.807, 2.05) is 0 Å². The molecule has 1 heterocycles. The molecular weight excluding hydrogens is 218 g/mol. The Morgan fingerprint density at radius 1 is 1.17 bits per heavy atom. The Morgan fingerprint density at radius 2 is 1.89 bits per heavy atom. The van der Waals surface area contributed by atoms with Crippen molar-refractivity contribution in [2.24, 2.45) is 0 Å². The number of rotatable bonds is 2. The second-order valence-corrected chi connectivity index (χ2v) is 5.36. The first-order chi connectivity index (χ1) is 8.79. The van der Waals surface area contributed by atoms with Crippen LogP contribution in [0, 0.1) is 0 Å². The van der Waals surface area contributed by atoms with Gasteiger partial charge in [0, 0.05) is 12.6 Å². The topological polar surface area (TPSA) is 3.24 Å². The van der Waals surface area contributed by atoms with Crippen molar-refractivity contribution < 1.29 is 0 Å². The molecule has 0 aromatic heterocycles. The van der Waals surface area contributed by atoms with Crippen molar-refractivity contribution >= 4 is 10.8 Å². The van der Waals surface area contributed by atoms with E-state index in [0.717, 1.165) is 0 Å². The van der Waals surface area contributed by atoms with Crippen LogP contribution in [0.5, 0.6) is 0 Å². The van der Waals surface area contributed by atoms with Gasteiger partial charge >= 0.3 is 0 Å². The van der Waals surface area contributed by atoms with Gasteiger partial charge in [-0.3, -0.25) is 4.90 Å². The van der Waals surface area contributed by atoms with Gasteiger partial charge in [-0.25, -0.2) is 0 Å². The molecule has 0 saturated heterocycles. The summed E-state index contributed by atoms with van der Waals surface area (Å²) < 4.78 is 0. The summed E-state index contributed by atoms with van der Waals surface area (Å²) in [6.45, 7) is 7.04. The standard InChI is InChI=1S/C17H21N/c1-3-9-18-10-8-16-11-14-6-4-5-7-15(14)12-17(16)13(18)2/h4-7,11-13H,3,8-10H2,1-2H3. The second kappa shape index (κ2) is 4.74. The lowest BCUT2D eigenvalue weighted by Gasteiger charge is -2.35. The summed E-state index contributed by atoms with van der Waals surface area (Å²) in [5.41, 5.74) is 3.09. The molecule has 2 aromatic carbocycles. The third-order valence-corrected chi connectivity index (χ3v) is 4.18. The molecule has 1 heteroatoms. The summed E-state index contributed by atoms with van der Waals surface area (Å²) >= 11 is 0. The molecule has 1 aliphatic heterocycles. The molecule has 1 nitrogen and oxygen atoms in total. The molecule has 0 aliphatic carbocycles. The fraction of sp³-hybridized carbons (Fsp3) is 0.412. The highest BCUT2D eigenvalue weighted by Gasteiger charge is 2.23. The molecule has 1 unspecified atom stereocenters. The van der Waals surface area contributed by atoms with Crippen LogP contribution >= 0.6 is 0 Å². The van der Waals surface area contributed by atoms with Gasteiger partial charge in [-0.15, -0.1) is 0 Å². The normalized spacial score (nSPS) is 20.0. The van der Waals surface area contributed by atoms with Crippen molar-refractivity contribution in [3.8, 4) is 0 Å². The van der Waals surface area contributed by atoms with Gasteiger partial charge < -0.3 is 0 Å². The second-order valence-electron chi connectivity index (χ2n) is 5.36. The maximum Gasteiger partial charge on any atom is 0.0322 e. The molecule has 0 spiro atoms. The fourth-order valence-corrected chi connectivity index (χ4v) is 3.16. The van der Waals surface area contributed by atoms with E-state index in [4.69, 9.17) is 0 Å². The van der Waals surface area contributed by atoms with Crippen LogP contribution in [0.15, 0.2) is 36.4 Å². The highest BCUT2D eigenvalue weighted by molar-refractivity contribution is 5.84. The molecule has 2 aromatic rings. The first-order valence-electron chi connectivity index (χ1n) is 7.05. The number of nitrogens with zero attached hydrogens (tertiary/aromatic N) is 1. The van der Waals surface area contributed by atoms with Crippen LogP contribution in [0.3, 0.4) is 0 Å². The zero-order chi connectivity index (χ0) is 12.5. The maximum absolute atomic E-state index is 2.61. The predicted octanol–water partition coefficient (Wildman–Crippen LogP) is 4.17. The van der Waals surface area contributed by atoms with Crippen molar-refractivity contribution in [2.75, 3.05) is 13.1 Å². The summed E-state index contributed by atoms with van der Waals surface area (Å²) in [5, 5.41) is 2.76. The molecule has 1 atom stereocenters. The lowest BCUT2D eigenvalue weighted by Crippen LogP contribution is -2.34. The van der Waals surface area contributed by atoms with Crippen LogP contribution in [0.1, 0.15) is 37.4 Å². The van der Waals surface area contributed by atoms with E-state index in [1.54, 1.807) is 5.56 Å². The molecule has 0 amide bonds. The van der Waals surface area contributed by atoms with Crippen LogP contribution in [0.4, 0.5) is 0 Å². The first-order valence-corrected chi connectivity index (χ1v) is 7.05. The minimum Gasteiger partial charge on any atom is -0.296 e. The SMILES string of the molecule is CCCN1CCc2cc3ccccc3cc2C1C. The highest BCUT2D eigenvalue weighted by Crippen LogP contribution is 2.32. The Labute approximate surface area is 109 Å². The zero-order valence-electron chi connectivity index (χ0n) is 11.3. The van der Waals surface area contributed by atoms with Crippen LogP contribution in [-0.4, -0.2) is 18.0 Å². The molecule has 0 radical (unpaired) electrons. The quantitative estimate of drug-likeness (QED) is 0.760. The van der Waals surface area contributed by atoms with Crippen molar-refractivity contribution in [1.29, 1.82) is 0 Å². The molecule has 0 bridgehead atoms. The van der Waals surface area contributed by atoms with Gasteiger partial charge in [0.2, 0.25) is 0 Å². The summed E-state index contributed by atoms with van der Waals surface area (Å²) in [6, 6.07) is 14.1. The predicted molar refractivity (Wildman–Crippen MR) is 77.9 cm³/mol. The molecule has 18 heavy (non-hydrogen) atoms. The van der Waals surface area contributed by atoms with Gasteiger partial charge in [-0.1, -0.05) is 37.3 Å². The monoisotopic (exact) mass is 239 g/mol. The smallest absolute Gasteiger partial charge is 0.0322 e. The zero-order valence-corrected chi connectivity index (χ0v) is 11.3. The van der Waals surface area contributed by atoms with Gasteiger partial charge in [0.15, 0.2) is 0 Å². The molecule has 0 N–H and O–H groups in total. The lowest BCUT2D eigenvalue weighted by molar-refractivity contribution is 0.199. The first kappa shape index (κ1) is 11.7. The Hall–Kier alpha value is -1.34. The molecule has 3 rings (SSSR count). The Morgan fingerprint density at radius 3 is 2.61 bits per heavy atom. The minimum absolute atomic E-state index is 0.568. The lowest BCUT2D eigenvalue weighted by atomic mass is 9.90. The van der Waals surface area contributed by atoms with E-state index in [0.29, 0.717) is 6.04 Å². The third kappa shape index (κ3) is 1.93. The summed E-state index contributed by atoms with van der Waals surface area (Å²) in [4.78, 5) is 2.61. The van der Waals surface area contributed by atoms with Crippen molar-refractivity contribution in [2.45, 2.75) is 32.7 Å². The number of hydrogen-bond donors (Lipinski definition) is 0. The number of fused-ring (bicyclic) bond motifs is 2. The van der Waals surface area contributed by atoms with Crippen molar-refractivity contribution in [1.82, 2.24) is 4.90 Å². The maximum atomic E-state index is 2.61. The molecule has 1 aliphatic rings. The average Bonchev–Trinajstić information content (AvgIpc) is 2.41. The largest absolute Gasteiger partial charge is 0.296 e. The van der Waals surface area contributed by atoms with Crippen LogP contribution in [-0.2, 0) is 6.42 Å². The highest BCUT2D eigenvalue weighted by atomic mass is 15.2. The van der Waals surface area contributed by atoms with Crippen molar-refractivity contribution in [3.05, 3.63) is 47.5 Å². The molecule has 94 valence electrons. The molecule has 0 saturated carbocycles.